The predicted octanol–water partition coefficient (Wildman–Crippen LogP) is 2.89. The summed E-state index contributed by atoms with van der Waals surface area (Å²) in [5.41, 5.74) is 6.60. The minimum Gasteiger partial charge on any atom is -0.325 e. The minimum absolute atomic E-state index is 0.0749. The number of nitrogens with zero attached hydrogens (tertiary/aromatic N) is 1. The van der Waals surface area contributed by atoms with Crippen molar-refractivity contribution in [2.24, 2.45) is 17.6 Å². The van der Waals surface area contributed by atoms with Crippen LogP contribution < -0.4 is 5.73 Å². The van der Waals surface area contributed by atoms with Crippen molar-refractivity contribution in [1.29, 1.82) is 0 Å². The van der Waals surface area contributed by atoms with Crippen molar-refractivity contribution < 1.29 is 9.28 Å². The molecule has 2 saturated carbocycles. The fourth-order valence-corrected chi connectivity index (χ4v) is 5.25. The maximum atomic E-state index is 14.6. The average Bonchev–Trinajstić information content (AvgIpc) is 2.53. The Hall–Kier alpha value is -0.130. The zero-order valence-electron chi connectivity index (χ0n) is 12.6. The van der Waals surface area contributed by atoms with E-state index in [4.69, 9.17) is 5.73 Å². The molecule has 2 aliphatic carbocycles. The Bertz CT molecular complexity index is 408. The first-order valence-corrected chi connectivity index (χ1v) is 8.96. The topological polar surface area (TPSA) is 46.3 Å². The van der Waals surface area contributed by atoms with E-state index in [-0.39, 0.29) is 41.5 Å². The molecule has 2 N–H and O–H groups in total. The van der Waals surface area contributed by atoms with Crippen molar-refractivity contribution in [2.75, 3.05) is 6.54 Å². The lowest BCUT2D eigenvalue weighted by Crippen LogP contribution is -2.63. The van der Waals surface area contributed by atoms with Crippen LogP contribution in [-0.2, 0) is 4.79 Å². The van der Waals surface area contributed by atoms with Gasteiger partial charge in [0, 0.05) is 24.5 Å². The molecule has 0 bridgehead atoms. The van der Waals surface area contributed by atoms with Gasteiger partial charge in [0.15, 0.2) is 0 Å². The number of ketones is 1. The Kier molecular flexibility index (Phi) is 4.63. The molecular weight excluding hydrogens is 287 g/mol. The van der Waals surface area contributed by atoms with E-state index in [1.165, 1.54) is 12.8 Å². The highest BCUT2D eigenvalue weighted by Gasteiger charge is 2.51. The quantitative estimate of drug-likeness (QED) is 0.534. The van der Waals surface area contributed by atoms with Gasteiger partial charge in [-0.25, -0.2) is 0 Å². The molecule has 120 valence electrons. The van der Waals surface area contributed by atoms with Crippen LogP contribution in [0.4, 0.5) is 4.48 Å². The number of thiol groups is 1. The fraction of sp³-hybridized carbons (Fsp3) is 0.938. The Labute approximate surface area is 132 Å². The van der Waals surface area contributed by atoms with Crippen LogP contribution in [0.15, 0.2) is 0 Å². The molecule has 5 unspecified atom stereocenters. The summed E-state index contributed by atoms with van der Waals surface area (Å²) in [5.74, 6) is 0.781. The highest BCUT2D eigenvalue weighted by atomic mass is 32.1. The van der Waals surface area contributed by atoms with Crippen molar-refractivity contribution in [3.63, 3.8) is 0 Å². The van der Waals surface area contributed by atoms with Crippen molar-refractivity contribution in [3.05, 3.63) is 0 Å². The molecule has 3 fully saturated rings. The lowest BCUT2D eigenvalue weighted by atomic mass is 9.57. The van der Waals surface area contributed by atoms with E-state index in [0.29, 0.717) is 5.92 Å². The first kappa shape index (κ1) is 15.8. The summed E-state index contributed by atoms with van der Waals surface area (Å²) in [6.45, 7) is 0.206. The number of Topliss-reactive ketones (excluding diaryl/α,β-unsaturated/α-hetero) is 1. The van der Waals surface area contributed by atoms with Gasteiger partial charge >= 0.3 is 0 Å². The number of hydrogen-bond donors (Lipinski definition) is 2. The van der Waals surface area contributed by atoms with Gasteiger partial charge in [0.05, 0.1) is 5.25 Å². The molecule has 0 aromatic heterocycles. The second-order valence-electron chi connectivity index (χ2n) is 7.24. The monoisotopic (exact) mass is 314 g/mol. The highest BCUT2D eigenvalue weighted by Crippen LogP contribution is 2.49. The Balaban J connectivity index is 1.86. The number of hydrogen-bond acceptors (Lipinski definition) is 4. The van der Waals surface area contributed by atoms with Gasteiger partial charge < -0.3 is 5.73 Å². The van der Waals surface area contributed by atoms with E-state index in [1.54, 1.807) is 0 Å². The van der Waals surface area contributed by atoms with Crippen LogP contribution >= 0.6 is 12.6 Å². The predicted molar refractivity (Wildman–Crippen MR) is 84.8 cm³/mol. The molecule has 3 nitrogen and oxygen atoms in total. The van der Waals surface area contributed by atoms with Crippen LogP contribution in [0.2, 0.25) is 0 Å². The molecule has 5 heteroatoms. The maximum absolute atomic E-state index is 14.6. The molecule has 3 aliphatic rings. The van der Waals surface area contributed by atoms with Gasteiger partial charge in [-0.05, 0) is 50.4 Å². The van der Waals surface area contributed by atoms with Crippen molar-refractivity contribution in [1.82, 2.24) is 5.12 Å². The van der Waals surface area contributed by atoms with Crippen LogP contribution in [0.3, 0.4) is 0 Å². The standard InChI is InChI=1S/C16H27FN2OS/c17-19-10-8-14(20)15(21)7-5-12-13(19)6-4-11-3-1-2-9-16(11,12)18/h11-13,15,21H,1-10,18H2. The van der Waals surface area contributed by atoms with E-state index < -0.39 is 0 Å². The first-order chi connectivity index (χ1) is 10.0. The highest BCUT2D eigenvalue weighted by molar-refractivity contribution is 7.81. The zero-order valence-corrected chi connectivity index (χ0v) is 13.5. The Morgan fingerprint density at radius 3 is 2.81 bits per heavy atom. The van der Waals surface area contributed by atoms with Crippen LogP contribution in [0.5, 0.6) is 0 Å². The van der Waals surface area contributed by atoms with Gasteiger partial charge in [0.2, 0.25) is 0 Å². The van der Waals surface area contributed by atoms with Crippen LogP contribution in [-0.4, -0.2) is 34.3 Å². The van der Waals surface area contributed by atoms with Crippen molar-refractivity contribution in [3.8, 4) is 0 Å². The molecule has 0 amide bonds. The van der Waals surface area contributed by atoms with Crippen LogP contribution in [0, 0.1) is 11.8 Å². The lowest BCUT2D eigenvalue weighted by Gasteiger charge is -2.54. The number of carbonyl (C=O) groups excluding carboxylic acids is 1. The third kappa shape index (κ3) is 2.89. The zero-order chi connectivity index (χ0) is 15.0. The number of rotatable bonds is 0. The second kappa shape index (κ2) is 6.17. The van der Waals surface area contributed by atoms with E-state index in [2.05, 4.69) is 12.6 Å². The normalized spacial score (nSPS) is 46.0. The molecule has 3 rings (SSSR count). The summed E-state index contributed by atoms with van der Waals surface area (Å²) in [6.07, 6.45) is 8.38. The van der Waals surface area contributed by atoms with Gasteiger partial charge in [-0.2, -0.15) is 12.6 Å². The molecule has 21 heavy (non-hydrogen) atoms. The smallest absolute Gasteiger partial charge is 0.146 e. The van der Waals surface area contributed by atoms with Crippen molar-refractivity contribution in [2.45, 2.75) is 74.6 Å². The van der Waals surface area contributed by atoms with E-state index in [1.807, 2.05) is 0 Å². The number of halogens is 1. The largest absolute Gasteiger partial charge is 0.325 e. The maximum Gasteiger partial charge on any atom is 0.146 e. The minimum atomic E-state index is -0.246. The molecule has 1 saturated heterocycles. The number of nitrogens with two attached hydrogens (primary N) is 1. The van der Waals surface area contributed by atoms with Gasteiger partial charge in [0.1, 0.15) is 5.78 Å². The average molecular weight is 314 g/mol. The summed E-state index contributed by atoms with van der Waals surface area (Å²) in [5, 5.41) is 0.679. The van der Waals surface area contributed by atoms with E-state index in [9.17, 15) is 9.28 Å². The summed E-state index contributed by atoms with van der Waals surface area (Å²) in [4.78, 5) is 11.9. The molecule has 0 radical (unpaired) electrons. The van der Waals surface area contributed by atoms with Gasteiger partial charge in [-0.3, -0.25) is 4.79 Å². The molecule has 1 aliphatic heterocycles. The van der Waals surface area contributed by atoms with Gasteiger partial charge in [-0.15, -0.1) is 9.60 Å². The molecule has 5 atom stereocenters. The van der Waals surface area contributed by atoms with Crippen LogP contribution in [0.1, 0.15) is 57.8 Å². The second-order valence-corrected chi connectivity index (χ2v) is 7.86. The van der Waals surface area contributed by atoms with Gasteiger partial charge in [-0.1, -0.05) is 12.8 Å². The van der Waals surface area contributed by atoms with Crippen molar-refractivity contribution >= 4 is 18.4 Å². The summed E-state index contributed by atoms with van der Waals surface area (Å²) in [6, 6.07) is -0.101. The van der Waals surface area contributed by atoms with Crippen LogP contribution in [0.25, 0.3) is 0 Å². The molecule has 0 aromatic rings. The number of carbonyl (C=O) groups is 1. The molecule has 1 heterocycles. The lowest BCUT2D eigenvalue weighted by molar-refractivity contribution is -0.122. The van der Waals surface area contributed by atoms with E-state index in [0.717, 1.165) is 43.6 Å². The van der Waals surface area contributed by atoms with E-state index >= 15 is 0 Å². The summed E-state index contributed by atoms with van der Waals surface area (Å²) in [7, 11) is 0. The van der Waals surface area contributed by atoms with Gasteiger partial charge in [0.25, 0.3) is 0 Å². The summed E-state index contributed by atoms with van der Waals surface area (Å²) >= 11 is 4.42. The Morgan fingerprint density at radius 1 is 1.19 bits per heavy atom. The molecule has 0 spiro atoms. The summed E-state index contributed by atoms with van der Waals surface area (Å²) < 4.78 is 14.6. The fourth-order valence-electron chi connectivity index (χ4n) is 4.97. The third-order valence-corrected chi connectivity index (χ3v) is 6.74. The Morgan fingerprint density at radius 2 is 2.00 bits per heavy atom. The number of fused-ring (bicyclic) bond motifs is 3. The molecule has 0 aromatic carbocycles. The SMILES string of the molecule is NC12CCCCC1CCC1C2CCC(S)C(=O)CCN1F. The molecular formula is C16H27FN2OS. The third-order valence-electron chi connectivity index (χ3n) is 6.19. The first-order valence-electron chi connectivity index (χ1n) is 8.44.